The van der Waals surface area contributed by atoms with Crippen molar-refractivity contribution in [3.05, 3.63) is 34.9 Å². The van der Waals surface area contributed by atoms with Crippen LogP contribution in [0, 0.1) is 0 Å². The maximum atomic E-state index is 12.1. The van der Waals surface area contributed by atoms with Crippen LogP contribution in [-0.2, 0) is 9.59 Å². The van der Waals surface area contributed by atoms with Gasteiger partial charge in [0.05, 0.1) is 6.42 Å². The van der Waals surface area contributed by atoms with Crippen LogP contribution in [0.5, 0.6) is 0 Å². The molecule has 0 heterocycles. The summed E-state index contributed by atoms with van der Waals surface area (Å²) in [6, 6.07) is 6.03. The Morgan fingerprint density at radius 1 is 1.16 bits per heavy atom. The average Bonchev–Trinajstić information content (AvgIpc) is 2.33. The number of hydrogen-bond acceptors (Lipinski definition) is 3. The van der Waals surface area contributed by atoms with Crippen LogP contribution in [0.3, 0.4) is 0 Å². The number of amides is 1. The standard InChI is InChI=1S/C12H12ClNO5/c13-9-3-1-2-8(6-9)12(19)14(7-11(17)18)5-4-10(15)16/h1-3,6H,4-5,7H2,(H,15,16)(H,17,18). The molecular formula is C12H12ClNO5. The quantitative estimate of drug-likeness (QED) is 0.822. The second-order valence-electron chi connectivity index (χ2n) is 3.77. The SMILES string of the molecule is O=C(O)CCN(CC(=O)O)C(=O)c1cccc(Cl)c1. The molecule has 6 nitrogen and oxygen atoms in total. The Morgan fingerprint density at radius 3 is 2.37 bits per heavy atom. The van der Waals surface area contributed by atoms with Crippen LogP contribution in [0.4, 0.5) is 0 Å². The molecule has 0 saturated carbocycles. The average molecular weight is 286 g/mol. The monoisotopic (exact) mass is 285 g/mol. The second kappa shape index (κ2) is 6.75. The summed E-state index contributed by atoms with van der Waals surface area (Å²) in [6.45, 7) is -0.731. The Labute approximate surface area is 114 Å². The summed E-state index contributed by atoms with van der Waals surface area (Å²) in [7, 11) is 0. The third-order valence-electron chi connectivity index (χ3n) is 2.28. The summed E-state index contributed by atoms with van der Waals surface area (Å²) in [5, 5.41) is 17.7. The van der Waals surface area contributed by atoms with Gasteiger partial charge in [-0.05, 0) is 18.2 Å². The van der Waals surface area contributed by atoms with Gasteiger partial charge in [0.15, 0.2) is 0 Å². The summed E-state index contributed by atoms with van der Waals surface area (Å²) in [4.78, 5) is 34.2. The zero-order valence-electron chi connectivity index (χ0n) is 9.88. The zero-order valence-corrected chi connectivity index (χ0v) is 10.6. The van der Waals surface area contributed by atoms with E-state index in [9.17, 15) is 14.4 Å². The Morgan fingerprint density at radius 2 is 1.84 bits per heavy atom. The molecule has 0 fully saturated rings. The molecule has 0 unspecified atom stereocenters. The van der Waals surface area contributed by atoms with E-state index < -0.39 is 24.4 Å². The molecule has 1 aromatic carbocycles. The minimum Gasteiger partial charge on any atom is -0.481 e. The molecule has 0 spiro atoms. The van der Waals surface area contributed by atoms with Gasteiger partial charge in [0.2, 0.25) is 0 Å². The largest absolute Gasteiger partial charge is 0.481 e. The van der Waals surface area contributed by atoms with Crippen molar-refractivity contribution in [2.75, 3.05) is 13.1 Å². The van der Waals surface area contributed by atoms with Crippen LogP contribution < -0.4 is 0 Å². The van der Waals surface area contributed by atoms with Crippen molar-refractivity contribution < 1.29 is 24.6 Å². The molecule has 0 aliphatic rings. The number of carbonyl (C=O) groups is 3. The summed E-state index contributed by atoms with van der Waals surface area (Å²) < 4.78 is 0. The van der Waals surface area contributed by atoms with Gasteiger partial charge in [-0.25, -0.2) is 0 Å². The van der Waals surface area contributed by atoms with Crippen molar-refractivity contribution in [1.82, 2.24) is 4.90 Å². The molecule has 0 saturated heterocycles. The second-order valence-corrected chi connectivity index (χ2v) is 4.21. The number of carboxylic acids is 2. The fourth-order valence-electron chi connectivity index (χ4n) is 1.45. The molecule has 0 aliphatic carbocycles. The first-order valence-corrected chi connectivity index (χ1v) is 5.76. The van der Waals surface area contributed by atoms with Crippen LogP contribution in [0.1, 0.15) is 16.8 Å². The highest BCUT2D eigenvalue weighted by Gasteiger charge is 2.19. The molecule has 19 heavy (non-hydrogen) atoms. The molecule has 0 radical (unpaired) electrons. The van der Waals surface area contributed by atoms with Crippen molar-refractivity contribution in [2.24, 2.45) is 0 Å². The molecule has 1 amide bonds. The van der Waals surface area contributed by atoms with E-state index in [2.05, 4.69) is 0 Å². The number of benzene rings is 1. The molecule has 7 heteroatoms. The highest BCUT2D eigenvalue weighted by Crippen LogP contribution is 2.13. The summed E-state index contributed by atoms with van der Waals surface area (Å²) in [6.07, 6.45) is -0.320. The maximum absolute atomic E-state index is 12.1. The normalized spacial score (nSPS) is 9.95. The topological polar surface area (TPSA) is 94.9 Å². The van der Waals surface area contributed by atoms with Gasteiger partial charge in [-0.1, -0.05) is 17.7 Å². The van der Waals surface area contributed by atoms with E-state index >= 15 is 0 Å². The van der Waals surface area contributed by atoms with Gasteiger partial charge < -0.3 is 15.1 Å². The molecule has 1 rings (SSSR count). The number of aliphatic carboxylic acids is 2. The third-order valence-corrected chi connectivity index (χ3v) is 2.52. The molecular weight excluding hydrogens is 274 g/mol. The Balaban J connectivity index is 2.86. The molecule has 0 bridgehead atoms. The van der Waals surface area contributed by atoms with E-state index in [-0.39, 0.29) is 18.5 Å². The van der Waals surface area contributed by atoms with E-state index in [0.717, 1.165) is 4.90 Å². The van der Waals surface area contributed by atoms with E-state index in [0.29, 0.717) is 5.02 Å². The Hall–Kier alpha value is -2.08. The third kappa shape index (κ3) is 4.97. The van der Waals surface area contributed by atoms with Crippen molar-refractivity contribution in [3.8, 4) is 0 Å². The lowest BCUT2D eigenvalue weighted by Gasteiger charge is -2.19. The van der Waals surface area contributed by atoms with Crippen molar-refractivity contribution in [2.45, 2.75) is 6.42 Å². The number of carboxylic acid groups (broad SMARTS) is 2. The molecule has 0 aromatic heterocycles. The minimum absolute atomic E-state index is 0.174. The summed E-state index contributed by atoms with van der Waals surface area (Å²) in [5.41, 5.74) is 0.221. The molecule has 102 valence electrons. The van der Waals surface area contributed by atoms with Crippen LogP contribution in [0.2, 0.25) is 5.02 Å². The van der Waals surface area contributed by atoms with Gasteiger partial charge in [-0.15, -0.1) is 0 Å². The highest BCUT2D eigenvalue weighted by atomic mass is 35.5. The van der Waals surface area contributed by atoms with Crippen LogP contribution in [0.15, 0.2) is 24.3 Å². The summed E-state index contributed by atoms with van der Waals surface area (Å²) in [5.74, 6) is -2.87. The van der Waals surface area contributed by atoms with Crippen LogP contribution >= 0.6 is 11.6 Å². The van der Waals surface area contributed by atoms with Gasteiger partial charge in [0.1, 0.15) is 6.54 Å². The number of hydrogen-bond donors (Lipinski definition) is 2. The Bertz CT molecular complexity index is 503. The van der Waals surface area contributed by atoms with Gasteiger partial charge in [-0.2, -0.15) is 0 Å². The number of carbonyl (C=O) groups excluding carboxylic acids is 1. The van der Waals surface area contributed by atoms with E-state index in [4.69, 9.17) is 21.8 Å². The number of nitrogens with zero attached hydrogens (tertiary/aromatic N) is 1. The summed E-state index contributed by atoms with van der Waals surface area (Å²) >= 11 is 5.75. The minimum atomic E-state index is -1.21. The van der Waals surface area contributed by atoms with Gasteiger partial charge in [-0.3, -0.25) is 14.4 Å². The fraction of sp³-hybridized carbons (Fsp3) is 0.250. The first-order valence-electron chi connectivity index (χ1n) is 5.38. The predicted molar refractivity (Wildman–Crippen MR) is 67.2 cm³/mol. The maximum Gasteiger partial charge on any atom is 0.323 e. The molecule has 0 aliphatic heterocycles. The van der Waals surface area contributed by atoms with E-state index in [1.165, 1.54) is 12.1 Å². The Kier molecular flexibility index (Phi) is 5.32. The molecule has 0 atom stereocenters. The van der Waals surface area contributed by atoms with Crippen molar-refractivity contribution in [1.29, 1.82) is 0 Å². The first kappa shape index (κ1) is 15.0. The first-order chi connectivity index (χ1) is 8.90. The van der Waals surface area contributed by atoms with Crippen molar-refractivity contribution >= 4 is 29.4 Å². The lowest BCUT2D eigenvalue weighted by atomic mass is 10.2. The van der Waals surface area contributed by atoms with E-state index in [1.807, 2.05) is 0 Å². The highest BCUT2D eigenvalue weighted by molar-refractivity contribution is 6.30. The van der Waals surface area contributed by atoms with Gasteiger partial charge >= 0.3 is 11.9 Å². The van der Waals surface area contributed by atoms with Gasteiger partial charge in [0.25, 0.3) is 5.91 Å². The van der Waals surface area contributed by atoms with E-state index in [1.54, 1.807) is 12.1 Å². The fourth-order valence-corrected chi connectivity index (χ4v) is 1.64. The molecule has 2 N–H and O–H groups in total. The number of halogens is 1. The zero-order chi connectivity index (χ0) is 14.4. The van der Waals surface area contributed by atoms with Crippen LogP contribution in [-0.4, -0.2) is 46.0 Å². The predicted octanol–water partition coefficient (Wildman–Crippen LogP) is 1.34. The van der Waals surface area contributed by atoms with Gasteiger partial charge in [0, 0.05) is 17.1 Å². The lowest BCUT2D eigenvalue weighted by molar-refractivity contribution is -0.140. The van der Waals surface area contributed by atoms with Crippen LogP contribution in [0.25, 0.3) is 0 Å². The van der Waals surface area contributed by atoms with Crippen molar-refractivity contribution in [3.63, 3.8) is 0 Å². The number of rotatable bonds is 6. The lowest BCUT2D eigenvalue weighted by Crippen LogP contribution is -2.37. The molecule has 1 aromatic rings. The smallest absolute Gasteiger partial charge is 0.323 e.